The molecule has 3 aromatic rings. The Morgan fingerprint density at radius 1 is 1.33 bits per heavy atom. The van der Waals surface area contributed by atoms with E-state index < -0.39 is 0 Å². The number of fused-ring (bicyclic) bond motifs is 1. The molecule has 0 aliphatic carbocycles. The Hall–Kier alpha value is -2.63. The van der Waals surface area contributed by atoms with Crippen molar-refractivity contribution in [1.82, 2.24) is 24.6 Å². The van der Waals surface area contributed by atoms with Crippen LogP contribution in [0.25, 0.3) is 11.0 Å². The zero-order chi connectivity index (χ0) is 16.5. The van der Waals surface area contributed by atoms with E-state index in [0.717, 1.165) is 42.8 Å². The number of amides is 1. The van der Waals surface area contributed by atoms with Gasteiger partial charge in [0.1, 0.15) is 11.5 Å². The molecule has 24 heavy (non-hydrogen) atoms. The van der Waals surface area contributed by atoms with E-state index in [4.69, 9.17) is 4.98 Å². The van der Waals surface area contributed by atoms with Gasteiger partial charge in [0, 0.05) is 31.7 Å². The smallest absolute Gasteiger partial charge is 0.274 e. The van der Waals surface area contributed by atoms with Crippen LogP contribution in [0.3, 0.4) is 0 Å². The standard InChI is InChI=1S/C18H21N5O/c1-2-23-11-9-16(21-23)18(24)22-10-5-6-13(12-22)17-19-14-7-3-4-8-15(14)20-17/h3-4,7-9,11,13H,2,5-6,10,12H2,1H3,(H,19,20). The first-order valence-corrected chi connectivity index (χ1v) is 8.52. The van der Waals surface area contributed by atoms with Gasteiger partial charge in [-0.15, -0.1) is 0 Å². The lowest BCUT2D eigenvalue weighted by atomic mass is 9.97. The highest BCUT2D eigenvalue weighted by Crippen LogP contribution is 2.27. The van der Waals surface area contributed by atoms with Gasteiger partial charge in [-0.2, -0.15) is 5.10 Å². The van der Waals surface area contributed by atoms with Gasteiger partial charge < -0.3 is 9.88 Å². The van der Waals surface area contributed by atoms with Crippen molar-refractivity contribution in [2.24, 2.45) is 0 Å². The summed E-state index contributed by atoms with van der Waals surface area (Å²) < 4.78 is 1.79. The third-order valence-electron chi connectivity index (χ3n) is 4.69. The summed E-state index contributed by atoms with van der Waals surface area (Å²) in [6.45, 7) is 4.26. The maximum absolute atomic E-state index is 12.7. The van der Waals surface area contributed by atoms with Gasteiger partial charge in [-0.25, -0.2) is 4.98 Å². The van der Waals surface area contributed by atoms with Crippen molar-refractivity contribution in [3.8, 4) is 0 Å². The number of likely N-dealkylation sites (tertiary alicyclic amines) is 1. The predicted octanol–water partition coefficient (Wildman–Crippen LogP) is 2.80. The molecule has 1 aliphatic rings. The molecule has 1 unspecified atom stereocenters. The molecule has 2 aromatic heterocycles. The number of aromatic amines is 1. The minimum atomic E-state index is 0.0167. The predicted molar refractivity (Wildman–Crippen MR) is 91.9 cm³/mol. The van der Waals surface area contributed by atoms with Crippen LogP contribution in [-0.4, -0.2) is 43.6 Å². The fourth-order valence-electron chi connectivity index (χ4n) is 3.36. The fourth-order valence-corrected chi connectivity index (χ4v) is 3.36. The molecule has 0 saturated carbocycles. The Morgan fingerprint density at radius 2 is 2.21 bits per heavy atom. The average molecular weight is 323 g/mol. The van der Waals surface area contributed by atoms with Crippen molar-refractivity contribution in [2.45, 2.75) is 32.2 Å². The van der Waals surface area contributed by atoms with E-state index in [-0.39, 0.29) is 11.8 Å². The summed E-state index contributed by atoms with van der Waals surface area (Å²) in [6, 6.07) is 9.85. The van der Waals surface area contributed by atoms with Crippen LogP contribution in [0.1, 0.15) is 42.0 Å². The zero-order valence-electron chi connectivity index (χ0n) is 13.8. The minimum absolute atomic E-state index is 0.0167. The molecule has 0 bridgehead atoms. The minimum Gasteiger partial charge on any atom is -0.342 e. The highest BCUT2D eigenvalue weighted by Gasteiger charge is 2.28. The Labute approximate surface area is 140 Å². The van der Waals surface area contributed by atoms with Gasteiger partial charge in [0.25, 0.3) is 5.91 Å². The lowest BCUT2D eigenvalue weighted by Gasteiger charge is -2.31. The van der Waals surface area contributed by atoms with Gasteiger partial charge in [-0.05, 0) is 38.0 Å². The fraction of sp³-hybridized carbons (Fsp3) is 0.389. The van der Waals surface area contributed by atoms with E-state index >= 15 is 0 Å². The van der Waals surface area contributed by atoms with Crippen LogP contribution in [0.5, 0.6) is 0 Å². The van der Waals surface area contributed by atoms with E-state index in [1.165, 1.54) is 0 Å². The normalized spacial score (nSPS) is 18.2. The Kier molecular flexibility index (Phi) is 3.80. The first-order valence-electron chi connectivity index (χ1n) is 8.52. The molecule has 1 atom stereocenters. The summed E-state index contributed by atoms with van der Waals surface area (Å²) in [5.74, 6) is 1.25. The van der Waals surface area contributed by atoms with Crippen molar-refractivity contribution in [2.75, 3.05) is 13.1 Å². The second-order valence-corrected chi connectivity index (χ2v) is 6.29. The Bertz CT molecular complexity index is 832. The molecule has 4 rings (SSSR count). The van der Waals surface area contributed by atoms with Gasteiger partial charge in [-0.1, -0.05) is 12.1 Å². The molecule has 1 aromatic carbocycles. The molecular weight excluding hydrogens is 302 g/mol. The first kappa shape index (κ1) is 14.9. The van der Waals surface area contributed by atoms with Crippen LogP contribution in [0, 0.1) is 0 Å². The molecule has 1 saturated heterocycles. The largest absolute Gasteiger partial charge is 0.342 e. The number of aryl methyl sites for hydroxylation is 1. The van der Waals surface area contributed by atoms with Crippen molar-refractivity contribution < 1.29 is 4.79 Å². The number of H-pyrrole nitrogens is 1. The summed E-state index contributed by atoms with van der Waals surface area (Å²) >= 11 is 0. The molecule has 1 amide bonds. The van der Waals surface area contributed by atoms with Crippen LogP contribution in [0.4, 0.5) is 0 Å². The highest BCUT2D eigenvalue weighted by molar-refractivity contribution is 5.92. The van der Waals surface area contributed by atoms with E-state index in [9.17, 15) is 4.79 Å². The molecule has 1 fully saturated rings. The van der Waals surface area contributed by atoms with Gasteiger partial charge in [0.2, 0.25) is 0 Å². The second kappa shape index (κ2) is 6.11. The van der Waals surface area contributed by atoms with Crippen LogP contribution < -0.4 is 0 Å². The number of hydrogen-bond donors (Lipinski definition) is 1. The number of nitrogens with zero attached hydrogens (tertiary/aromatic N) is 4. The van der Waals surface area contributed by atoms with Crippen molar-refractivity contribution in [1.29, 1.82) is 0 Å². The van der Waals surface area contributed by atoms with E-state index in [2.05, 4.69) is 10.1 Å². The molecule has 0 spiro atoms. The quantitative estimate of drug-likeness (QED) is 0.806. The lowest BCUT2D eigenvalue weighted by Crippen LogP contribution is -2.39. The Balaban J connectivity index is 1.53. The van der Waals surface area contributed by atoms with Crippen LogP contribution >= 0.6 is 0 Å². The molecule has 6 heteroatoms. The SMILES string of the molecule is CCn1ccc(C(=O)N2CCCC(c3nc4ccccc4[nH]3)C2)n1. The third-order valence-corrected chi connectivity index (χ3v) is 4.69. The van der Waals surface area contributed by atoms with Crippen LogP contribution in [0.15, 0.2) is 36.5 Å². The van der Waals surface area contributed by atoms with Crippen molar-refractivity contribution in [3.05, 3.63) is 48.0 Å². The summed E-state index contributed by atoms with van der Waals surface area (Å²) in [5.41, 5.74) is 2.57. The first-order chi connectivity index (χ1) is 11.7. The number of rotatable bonds is 3. The zero-order valence-corrected chi connectivity index (χ0v) is 13.8. The molecule has 0 radical (unpaired) electrons. The summed E-state index contributed by atoms with van der Waals surface area (Å²) in [7, 11) is 0. The molecule has 1 N–H and O–H groups in total. The molecule has 124 valence electrons. The number of benzene rings is 1. The number of imidazole rings is 1. The second-order valence-electron chi connectivity index (χ2n) is 6.29. The number of nitrogens with one attached hydrogen (secondary N) is 1. The van der Waals surface area contributed by atoms with Crippen molar-refractivity contribution >= 4 is 16.9 Å². The van der Waals surface area contributed by atoms with E-state index in [0.29, 0.717) is 12.2 Å². The van der Waals surface area contributed by atoms with E-state index in [1.54, 1.807) is 10.7 Å². The van der Waals surface area contributed by atoms with Gasteiger partial charge in [-0.3, -0.25) is 9.48 Å². The maximum Gasteiger partial charge on any atom is 0.274 e. The van der Waals surface area contributed by atoms with E-state index in [1.807, 2.05) is 42.3 Å². The molecule has 6 nitrogen and oxygen atoms in total. The molecule has 1 aliphatic heterocycles. The third kappa shape index (κ3) is 2.68. The molecular formula is C18H21N5O. The number of hydrogen-bond acceptors (Lipinski definition) is 3. The Morgan fingerprint density at radius 3 is 3.00 bits per heavy atom. The van der Waals surface area contributed by atoms with Crippen molar-refractivity contribution in [3.63, 3.8) is 0 Å². The van der Waals surface area contributed by atoms with Gasteiger partial charge in [0.15, 0.2) is 0 Å². The van der Waals surface area contributed by atoms with Crippen LogP contribution in [0.2, 0.25) is 0 Å². The average Bonchev–Trinajstić information content (AvgIpc) is 3.28. The topological polar surface area (TPSA) is 66.8 Å². The van der Waals surface area contributed by atoms with Crippen LogP contribution in [-0.2, 0) is 6.54 Å². The number of para-hydroxylation sites is 2. The highest BCUT2D eigenvalue weighted by atomic mass is 16.2. The number of carbonyl (C=O) groups is 1. The number of aromatic nitrogens is 4. The summed E-state index contributed by atoms with van der Waals surface area (Å²) in [4.78, 5) is 22.7. The van der Waals surface area contributed by atoms with Gasteiger partial charge in [0.05, 0.1) is 11.0 Å². The number of piperidine rings is 1. The van der Waals surface area contributed by atoms with Gasteiger partial charge >= 0.3 is 0 Å². The lowest BCUT2D eigenvalue weighted by molar-refractivity contribution is 0.0698. The number of carbonyl (C=O) groups excluding carboxylic acids is 1. The summed E-state index contributed by atoms with van der Waals surface area (Å²) in [6.07, 6.45) is 3.89. The maximum atomic E-state index is 12.7. The summed E-state index contributed by atoms with van der Waals surface area (Å²) in [5, 5.41) is 4.34. The monoisotopic (exact) mass is 323 g/mol. The molecule has 3 heterocycles.